The maximum atomic E-state index is 10.9. The zero-order valence-electron chi connectivity index (χ0n) is 10.9. The molecule has 0 fully saturated rings. The second kappa shape index (κ2) is 8.39. The van der Waals surface area contributed by atoms with Crippen molar-refractivity contribution in [3.8, 4) is 6.07 Å². The lowest BCUT2D eigenvalue weighted by Crippen LogP contribution is -2.04. The van der Waals surface area contributed by atoms with E-state index in [0.29, 0.717) is 17.0 Å². The number of carbonyl (C=O) groups is 1. The molecule has 0 aliphatic carbocycles. The summed E-state index contributed by atoms with van der Waals surface area (Å²) >= 11 is 5.93. The largest absolute Gasteiger partial charge is 0.469 e. The van der Waals surface area contributed by atoms with Gasteiger partial charge in [0.2, 0.25) is 0 Å². The molecular formula is C14H17ClN2O2. The van der Waals surface area contributed by atoms with Gasteiger partial charge in [0, 0.05) is 13.0 Å². The van der Waals surface area contributed by atoms with Crippen molar-refractivity contribution in [3.63, 3.8) is 0 Å². The summed E-state index contributed by atoms with van der Waals surface area (Å²) in [5, 5.41) is 12.6. The monoisotopic (exact) mass is 280 g/mol. The van der Waals surface area contributed by atoms with Gasteiger partial charge in [0.15, 0.2) is 0 Å². The van der Waals surface area contributed by atoms with Gasteiger partial charge in [-0.15, -0.1) is 0 Å². The fourth-order valence-corrected chi connectivity index (χ4v) is 1.90. The molecule has 4 nitrogen and oxygen atoms in total. The van der Waals surface area contributed by atoms with Crippen LogP contribution in [0.15, 0.2) is 18.2 Å². The topological polar surface area (TPSA) is 62.1 Å². The standard InChI is InChI=1S/C14H17ClN2O2/c1-19-14(18)8-3-2-4-9-17-13-7-5-6-12(15)11(13)10-16/h5-7,17H,2-4,8-9H2,1H3. The highest BCUT2D eigenvalue weighted by molar-refractivity contribution is 6.32. The number of halogens is 1. The van der Waals surface area contributed by atoms with Crippen LogP contribution in [0.25, 0.3) is 0 Å². The Bertz CT molecular complexity index is 469. The van der Waals surface area contributed by atoms with E-state index in [-0.39, 0.29) is 5.97 Å². The van der Waals surface area contributed by atoms with E-state index in [1.165, 1.54) is 7.11 Å². The molecule has 102 valence electrons. The highest BCUT2D eigenvalue weighted by Crippen LogP contribution is 2.23. The summed E-state index contributed by atoms with van der Waals surface area (Å²) in [6.07, 6.45) is 3.13. The van der Waals surface area contributed by atoms with Crippen LogP contribution in [0.1, 0.15) is 31.2 Å². The molecule has 1 aromatic carbocycles. The van der Waals surface area contributed by atoms with Gasteiger partial charge in [-0.1, -0.05) is 24.1 Å². The summed E-state index contributed by atoms with van der Waals surface area (Å²) in [7, 11) is 1.40. The van der Waals surface area contributed by atoms with Crippen molar-refractivity contribution in [2.24, 2.45) is 0 Å². The van der Waals surface area contributed by atoms with Gasteiger partial charge in [-0.05, 0) is 25.0 Å². The third kappa shape index (κ3) is 5.19. The molecule has 0 radical (unpaired) electrons. The van der Waals surface area contributed by atoms with Crippen LogP contribution in [0.3, 0.4) is 0 Å². The number of carbonyl (C=O) groups excluding carboxylic acids is 1. The van der Waals surface area contributed by atoms with Crippen LogP contribution in [-0.4, -0.2) is 19.6 Å². The summed E-state index contributed by atoms with van der Waals surface area (Å²) in [4.78, 5) is 10.9. The molecule has 0 heterocycles. The molecule has 0 aromatic heterocycles. The molecule has 0 aliphatic rings. The van der Waals surface area contributed by atoms with E-state index >= 15 is 0 Å². The molecule has 0 bridgehead atoms. The molecule has 0 saturated carbocycles. The smallest absolute Gasteiger partial charge is 0.305 e. The van der Waals surface area contributed by atoms with Gasteiger partial charge in [0.1, 0.15) is 6.07 Å². The second-order valence-corrected chi connectivity index (χ2v) is 4.49. The first-order valence-corrected chi connectivity index (χ1v) is 6.56. The SMILES string of the molecule is COC(=O)CCCCCNc1cccc(Cl)c1C#N. The summed E-state index contributed by atoms with van der Waals surface area (Å²) in [5.41, 5.74) is 1.22. The molecule has 0 saturated heterocycles. The van der Waals surface area contributed by atoms with E-state index in [1.54, 1.807) is 6.07 Å². The number of rotatable bonds is 7. The Morgan fingerprint density at radius 1 is 1.42 bits per heavy atom. The van der Waals surface area contributed by atoms with E-state index in [0.717, 1.165) is 31.5 Å². The molecule has 0 unspecified atom stereocenters. The fourth-order valence-electron chi connectivity index (χ4n) is 1.68. The van der Waals surface area contributed by atoms with Crippen LogP contribution in [0.2, 0.25) is 5.02 Å². The number of nitriles is 1. The van der Waals surface area contributed by atoms with Crippen LogP contribution >= 0.6 is 11.6 Å². The predicted octanol–water partition coefficient (Wildman–Crippen LogP) is 3.36. The second-order valence-electron chi connectivity index (χ2n) is 4.09. The molecule has 5 heteroatoms. The lowest BCUT2D eigenvalue weighted by Gasteiger charge is -2.08. The zero-order chi connectivity index (χ0) is 14.1. The third-order valence-corrected chi connectivity index (χ3v) is 3.04. The number of methoxy groups -OCH3 is 1. The molecular weight excluding hydrogens is 264 g/mol. The number of nitrogens with zero attached hydrogens (tertiary/aromatic N) is 1. The minimum atomic E-state index is -0.172. The van der Waals surface area contributed by atoms with Gasteiger partial charge in [0.25, 0.3) is 0 Å². The summed E-state index contributed by atoms with van der Waals surface area (Å²) < 4.78 is 4.56. The number of esters is 1. The molecule has 1 aromatic rings. The Labute approximate surface area is 118 Å². The van der Waals surface area contributed by atoms with E-state index < -0.39 is 0 Å². The summed E-state index contributed by atoms with van der Waals surface area (Å²) in [6, 6.07) is 7.42. The third-order valence-electron chi connectivity index (χ3n) is 2.73. The van der Waals surface area contributed by atoms with Gasteiger partial charge in [-0.25, -0.2) is 0 Å². The van der Waals surface area contributed by atoms with Crippen LogP contribution in [0.5, 0.6) is 0 Å². The molecule has 0 atom stereocenters. The minimum absolute atomic E-state index is 0.172. The van der Waals surface area contributed by atoms with Gasteiger partial charge >= 0.3 is 5.97 Å². The fraction of sp³-hybridized carbons (Fsp3) is 0.429. The highest BCUT2D eigenvalue weighted by Gasteiger charge is 2.05. The lowest BCUT2D eigenvalue weighted by atomic mass is 10.1. The average molecular weight is 281 g/mol. The lowest BCUT2D eigenvalue weighted by molar-refractivity contribution is -0.140. The van der Waals surface area contributed by atoms with Crippen molar-refractivity contribution in [2.75, 3.05) is 19.0 Å². The summed E-state index contributed by atoms with van der Waals surface area (Å²) in [6.45, 7) is 0.746. The Hall–Kier alpha value is -1.73. The van der Waals surface area contributed by atoms with Gasteiger partial charge in [-0.2, -0.15) is 5.26 Å². The van der Waals surface area contributed by atoms with Crippen molar-refractivity contribution >= 4 is 23.3 Å². The minimum Gasteiger partial charge on any atom is -0.469 e. The Kier molecular flexibility index (Phi) is 6.76. The van der Waals surface area contributed by atoms with Crippen molar-refractivity contribution in [1.29, 1.82) is 5.26 Å². The van der Waals surface area contributed by atoms with Crippen LogP contribution < -0.4 is 5.32 Å². The number of benzene rings is 1. The number of hydrogen-bond donors (Lipinski definition) is 1. The van der Waals surface area contributed by atoms with E-state index in [2.05, 4.69) is 16.1 Å². The van der Waals surface area contributed by atoms with Crippen LogP contribution in [0, 0.1) is 11.3 Å². The number of ether oxygens (including phenoxy) is 1. The van der Waals surface area contributed by atoms with E-state index in [4.69, 9.17) is 16.9 Å². The Morgan fingerprint density at radius 3 is 2.89 bits per heavy atom. The first-order valence-electron chi connectivity index (χ1n) is 6.18. The Morgan fingerprint density at radius 2 is 2.21 bits per heavy atom. The Balaban J connectivity index is 2.29. The molecule has 0 spiro atoms. The molecule has 1 rings (SSSR count). The number of hydrogen-bond acceptors (Lipinski definition) is 4. The first kappa shape index (κ1) is 15.3. The van der Waals surface area contributed by atoms with Gasteiger partial charge < -0.3 is 10.1 Å². The molecule has 0 amide bonds. The van der Waals surface area contributed by atoms with E-state index in [9.17, 15) is 4.79 Å². The van der Waals surface area contributed by atoms with Crippen molar-refractivity contribution in [3.05, 3.63) is 28.8 Å². The number of anilines is 1. The van der Waals surface area contributed by atoms with Gasteiger partial charge in [0.05, 0.1) is 23.4 Å². The molecule has 19 heavy (non-hydrogen) atoms. The van der Waals surface area contributed by atoms with Crippen molar-refractivity contribution < 1.29 is 9.53 Å². The molecule has 0 aliphatic heterocycles. The summed E-state index contributed by atoms with van der Waals surface area (Å²) in [5.74, 6) is -0.172. The number of nitrogens with one attached hydrogen (secondary N) is 1. The molecule has 1 N–H and O–H groups in total. The first-order chi connectivity index (χ1) is 9.19. The van der Waals surface area contributed by atoms with Crippen LogP contribution in [0.4, 0.5) is 5.69 Å². The van der Waals surface area contributed by atoms with Crippen molar-refractivity contribution in [2.45, 2.75) is 25.7 Å². The van der Waals surface area contributed by atoms with Crippen molar-refractivity contribution in [1.82, 2.24) is 0 Å². The van der Waals surface area contributed by atoms with Gasteiger partial charge in [-0.3, -0.25) is 4.79 Å². The highest BCUT2D eigenvalue weighted by atomic mass is 35.5. The average Bonchev–Trinajstić information content (AvgIpc) is 2.42. The zero-order valence-corrected chi connectivity index (χ0v) is 11.7. The predicted molar refractivity (Wildman–Crippen MR) is 75.1 cm³/mol. The number of unbranched alkanes of at least 4 members (excludes halogenated alkanes) is 2. The normalized spacial score (nSPS) is 9.74. The van der Waals surface area contributed by atoms with E-state index in [1.807, 2.05) is 12.1 Å². The maximum Gasteiger partial charge on any atom is 0.305 e. The quantitative estimate of drug-likeness (QED) is 0.614. The maximum absolute atomic E-state index is 10.9. The van der Waals surface area contributed by atoms with Crippen LogP contribution in [-0.2, 0) is 9.53 Å².